The van der Waals surface area contributed by atoms with Crippen molar-refractivity contribution in [1.82, 2.24) is 25.3 Å². The standard InChI is InChI=1S/C23H21F3N6/c24-23(25,26)16-7-15(9-28-11-16)22-31-19-12-29-8-14(20(19)21(27)32-22)6-5-13-10-30-18-4-2-1-3-17(13)18/h1-4,7,9-11,14,29-30H,5-6,8,12H2,(H2,27,31,32). The molecule has 1 aliphatic rings. The lowest BCUT2D eigenvalue weighted by Gasteiger charge is -2.27. The van der Waals surface area contributed by atoms with Crippen LogP contribution >= 0.6 is 0 Å². The van der Waals surface area contributed by atoms with Crippen LogP contribution < -0.4 is 11.1 Å². The van der Waals surface area contributed by atoms with E-state index >= 15 is 0 Å². The van der Waals surface area contributed by atoms with E-state index in [1.807, 2.05) is 24.4 Å². The first-order chi connectivity index (χ1) is 15.4. The number of halogens is 3. The first-order valence-electron chi connectivity index (χ1n) is 10.3. The third-order valence-corrected chi connectivity index (χ3v) is 5.91. The van der Waals surface area contributed by atoms with Gasteiger partial charge in [-0.3, -0.25) is 4.98 Å². The third-order valence-electron chi connectivity index (χ3n) is 5.91. The first-order valence-corrected chi connectivity index (χ1v) is 10.3. The number of para-hydroxylation sites is 1. The Kier molecular flexibility index (Phi) is 5.05. The van der Waals surface area contributed by atoms with Crippen LogP contribution in [0.3, 0.4) is 0 Å². The molecule has 0 radical (unpaired) electrons. The molecule has 0 aliphatic carbocycles. The molecule has 1 aliphatic heterocycles. The molecule has 0 amide bonds. The highest BCUT2D eigenvalue weighted by Gasteiger charge is 2.32. The van der Waals surface area contributed by atoms with Gasteiger partial charge in [0.1, 0.15) is 5.82 Å². The highest BCUT2D eigenvalue weighted by Crippen LogP contribution is 2.35. The molecule has 164 valence electrons. The molecule has 4 N–H and O–H groups in total. The average Bonchev–Trinajstić information content (AvgIpc) is 3.20. The van der Waals surface area contributed by atoms with Gasteiger partial charge in [0.15, 0.2) is 5.82 Å². The van der Waals surface area contributed by atoms with Crippen LogP contribution in [-0.2, 0) is 19.1 Å². The summed E-state index contributed by atoms with van der Waals surface area (Å²) in [5, 5.41) is 4.55. The van der Waals surface area contributed by atoms with E-state index in [-0.39, 0.29) is 17.3 Å². The van der Waals surface area contributed by atoms with Crippen LogP contribution in [-0.4, -0.2) is 26.5 Å². The number of nitrogens with zero attached hydrogens (tertiary/aromatic N) is 3. The molecule has 32 heavy (non-hydrogen) atoms. The summed E-state index contributed by atoms with van der Waals surface area (Å²) in [6.07, 6.45) is 1.35. The van der Waals surface area contributed by atoms with Gasteiger partial charge < -0.3 is 16.0 Å². The summed E-state index contributed by atoms with van der Waals surface area (Å²) in [4.78, 5) is 15.9. The van der Waals surface area contributed by atoms with E-state index in [1.165, 1.54) is 17.1 Å². The molecule has 1 aromatic carbocycles. The number of nitrogens with two attached hydrogens (primary N) is 1. The number of nitrogens with one attached hydrogen (secondary N) is 2. The van der Waals surface area contributed by atoms with Crippen molar-refractivity contribution in [1.29, 1.82) is 0 Å². The van der Waals surface area contributed by atoms with E-state index in [0.29, 0.717) is 12.4 Å². The number of aromatic nitrogens is 4. The highest BCUT2D eigenvalue weighted by atomic mass is 19.4. The van der Waals surface area contributed by atoms with Gasteiger partial charge in [-0.2, -0.15) is 13.2 Å². The zero-order valence-electron chi connectivity index (χ0n) is 17.1. The molecule has 3 aromatic heterocycles. The summed E-state index contributed by atoms with van der Waals surface area (Å²) < 4.78 is 39.2. The monoisotopic (exact) mass is 438 g/mol. The Bertz CT molecular complexity index is 1280. The van der Waals surface area contributed by atoms with Gasteiger partial charge >= 0.3 is 6.18 Å². The van der Waals surface area contributed by atoms with Crippen molar-refractivity contribution in [3.8, 4) is 11.4 Å². The van der Waals surface area contributed by atoms with Crippen LogP contribution in [0.1, 0.15) is 34.7 Å². The number of benzene rings is 1. The molecule has 0 bridgehead atoms. The molecule has 4 aromatic rings. The molecular weight excluding hydrogens is 417 g/mol. The number of anilines is 1. The molecule has 6 nitrogen and oxygen atoms in total. The van der Waals surface area contributed by atoms with E-state index in [2.05, 4.69) is 31.3 Å². The number of aromatic amines is 1. The Balaban J connectivity index is 1.43. The van der Waals surface area contributed by atoms with E-state index < -0.39 is 11.7 Å². The lowest BCUT2D eigenvalue weighted by molar-refractivity contribution is -0.137. The maximum absolute atomic E-state index is 13.1. The van der Waals surface area contributed by atoms with E-state index in [9.17, 15) is 13.2 Å². The van der Waals surface area contributed by atoms with Gasteiger partial charge in [0, 0.05) is 59.6 Å². The van der Waals surface area contributed by atoms with Crippen LogP contribution in [0.15, 0.2) is 48.9 Å². The molecule has 1 unspecified atom stereocenters. The fraction of sp³-hybridized carbons (Fsp3) is 0.261. The van der Waals surface area contributed by atoms with E-state index in [4.69, 9.17) is 5.73 Å². The summed E-state index contributed by atoms with van der Waals surface area (Å²) in [6.45, 7) is 1.23. The Labute approximate surface area is 182 Å². The van der Waals surface area contributed by atoms with Gasteiger partial charge in [0.05, 0.1) is 11.3 Å². The lowest BCUT2D eigenvalue weighted by Crippen LogP contribution is -2.31. The fourth-order valence-corrected chi connectivity index (χ4v) is 4.34. The molecule has 0 spiro atoms. The molecule has 0 saturated heterocycles. The summed E-state index contributed by atoms with van der Waals surface area (Å²) >= 11 is 0. The predicted molar refractivity (Wildman–Crippen MR) is 116 cm³/mol. The molecule has 0 saturated carbocycles. The van der Waals surface area contributed by atoms with Crippen molar-refractivity contribution >= 4 is 16.7 Å². The number of hydrogen-bond acceptors (Lipinski definition) is 5. The average molecular weight is 438 g/mol. The number of alkyl halides is 3. The maximum atomic E-state index is 13.1. The van der Waals surface area contributed by atoms with Gasteiger partial charge in [-0.15, -0.1) is 0 Å². The van der Waals surface area contributed by atoms with Gasteiger partial charge in [-0.25, -0.2) is 9.97 Å². The Morgan fingerprint density at radius 2 is 1.97 bits per heavy atom. The molecular formula is C23H21F3N6. The SMILES string of the molecule is Nc1nc(-c2cncc(C(F)(F)F)c2)nc2c1C(CCc1c[nH]c3ccccc13)CNC2. The zero-order valence-corrected chi connectivity index (χ0v) is 17.1. The Morgan fingerprint density at radius 1 is 1.12 bits per heavy atom. The number of nitrogen functional groups attached to an aromatic ring is 1. The zero-order chi connectivity index (χ0) is 22.3. The number of H-pyrrole nitrogens is 1. The normalized spacial score (nSPS) is 16.3. The van der Waals surface area contributed by atoms with Gasteiger partial charge in [0.2, 0.25) is 0 Å². The number of pyridine rings is 1. The number of aryl methyl sites for hydroxylation is 1. The van der Waals surface area contributed by atoms with Crippen molar-refractivity contribution in [2.45, 2.75) is 31.5 Å². The second kappa shape index (κ2) is 7.90. The second-order valence-corrected chi connectivity index (χ2v) is 7.98. The lowest BCUT2D eigenvalue weighted by atomic mass is 9.88. The number of rotatable bonds is 4. The molecule has 9 heteroatoms. The molecule has 0 fully saturated rings. The summed E-state index contributed by atoms with van der Waals surface area (Å²) in [7, 11) is 0. The summed E-state index contributed by atoms with van der Waals surface area (Å²) in [6, 6.07) is 9.17. The van der Waals surface area contributed by atoms with Gasteiger partial charge in [0.25, 0.3) is 0 Å². The van der Waals surface area contributed by atoms with Gasteiger partial charge in [-0.1, -0.05) is 18.2 Å². The number of fused-ring (bicyclic) bond motifs is 2. The largest absolute Gasteiger partial charge is 0.417 e. The quantitative estimate of drug-likeness (QED) is 0.438. The van der Waals surface area contributed by atoms with Crippen LogP contribution in [0.4, 0.5) is 19.0 Å². The summed E-state index contributed by atoms with van der Waals surface area (Å²) in [5.41, 5.74) is 9.60. The van der Waals surface area contributed by atoms with E-state index in [1.54, 1.807) is 0 Å². The van der Waals surface area contributed by atoms with Crippen LogP contribution in [0, 0.1) is 0 Å². The molecule has 1 atom stereocenters. The topological polar surface area (TPSA) is 92.5 Å². The van der Waals surface area contributed by atoms with Crippen molar-refractivity contribution < 1.29 is 13.2 Å². The van der Waals surface area contributed by atoms with Gasteiger partial charge in [-0.05, 0) is 30.5 Å². The minimum absolute atomic E-state index is 0.112. The van der Waals surface area contributed by atoms with Crippen LogP contribution in [0.25, 0.3) is 22.3 Å². The summed E-state index contributed by atoms with van der Waals surface area (Å²) in [5.74, 6) is 0.577. The minimum Gasteiger partial charge on any atom is -0.383 e. The Morgan fingerprint density at radius 3 is 2.81 bits per heavy atom. The Hall–Kier alpha value is -3.46. The number of hydrogen-bond donors (Lipinski definition) is 3. The maximum Gasteiger partial charge on any atom is 0.417 e. The van der Waals surface area contributed by atoms with Crippen molar-refractivity contribution in [2.24, 2.45) is 0 Å². The first kappa shape index (κ1) is 20.4. The molecule has 5 rings (SSSR count). The van der Waals surface area contributed by atoms with Crippen LogP contribution in [0.2, 0.25) is 0 Å². The minimum atomic E-state index is -4.49. The van der Waals surface area contributed by atoms with Crippen LogP contribution in [0.5, 0.6) is 0 Å². The van der Waals surface area contributed by atoms with Crippen molar-refractivity contribution in [3.05, 3.63) is 71.3 Å². The smallest absolute Gasteiger partial charge is 0.383 e. The third kappa shape index (κ3) is 3.80. The van der Waals surface area contributed by atoms with Crippen molar-refractivity contribution in [3.63, 3.8) is 0 Å². The van der Waals surface area contributed by atoms with E-state index in [0.717, 1.165) is 48.4 Å². The predicted octanol–water partition coefficient (Wildman–Crippen LogP) is 4.44. The highest BCUT2D eigenvalue weighted by molar-refractivity contribution is 5.83. The molecule has 4 heterocycles. The van der Waals surface area contributed by atoms with Crippen molar-refractivity contribution in [2.75, 3.05) is 12.3 Å². The fourth-order valence-electron chi connectivity index (χ4n) is 4.34. The second-order valence-electron chi connectivity index (χ2n) is 7.98.